The third kappa shape index (κ3) is 2.67. The quantitative estimate of drug-likeness (QED) is 0.589. The Balaban J connectivity index is 2.29. The van der Waals surface area contributed by atoms with Gasteiger partial charge in [-0.25, -0.2) is 0 Å². The van der Waals surface area contributed by atoms with E-state index in [1.807, 2.05) is 12.1 Å². The summed E-state index contributed by atoms with van der Waals surface area (Å²) in [5.74, 6) is 1.28. The van der Waals surface area contributed by atoms with Crippen LogP contribution < -0.4 is 0 Å². The minimum Gasteiger partial charge on any atom is -0.547 e. The number of benzene rings is 2. The maximum absolute atomic E-state index is 10.6. The molecule has 0 fully saturated rings. The van der Waals surface area contributed by atoms with Gasteiger partial charge in [0.1, 0.15) is 11.5 Å². The lowest BCUT2D eigenvalue weighted by Gasteiger charge is -2.31. The molecule has 1 aliphatic carbocycles. The summed E-state index contributed by atoms with van der Waals surface area (Å²) in [5.41, 5.74) is 5.56. The minimum atomic E-state index is -1.24. The molecule has 3 heteroatoms. The van der Waals surface area contributed by atoms with Gasteiger partial charge in [-0.3, -0.25) is 0 Å². The van der Waals surface area contributed by atoms with Gasteiger partial charge < -0.3 is 9.53 Å². The van der Waals surface area contributed by atoms with Crippen LogP contribution in [-0.2, 0) is 4.43 Å². The van der Waals surface area contributed by atoms with Crippen molar-refractivity contribution in [3.63, 3.8) is 0 Å². The van der Waals surface area contributed by atoms with E-state index in [4.69, 9.17) is 4.43 Å². The van der Waals surface area contributed by atoms with Gasteiger partial charge in [-0.2, -0.15) is 0 Å². The topological polar surface area (TPSA) is 29.5 Å². The number of hydrogen-bond acceptors (Lipinski definition) is 2. The first-order valence-corrected chi connectivity index (χ1v) is 11.3. The van der Waals surface area contributed by atoms with Crippen molar-refractivity contribution < 1.29 is 9.53 Å². The molecule has 1 aliphatic rings. The van der Waals surface area contributed by atoms with Crippen LogP contribution in [-0.4, -0.2) is 14.1 Å². The maximum Gasteiger partial charge on any atom is 0.229 e. The van der Waals surface area contributed by atoms with E-state index in [0.29, 0.717) is 5.75 Å². The van der Waals surface area contributed by atoms with E-state index in [2.05, 4.69) is 58.6 Å². The highest BCUT2D eigenvalue weighted by molar-refractivity contribution is 6.49. The Morgan fingerprint density at radius 1 is 1.12 bits per heavy atom. The average Bonchev–Trinajstić information content (AvgIpc) is 2.82. The van der Waals surface area contributed by atoms with Crippen LogP contribution in [0.2, 0.25) is 13.1 Å². The normalized spacial score (nSPS) is 16.0. The van der Waals surface area contributed by atoms with Crippen LogP contribution in [0.15, 0.2) is 43.0 Å². The van der Waals surface area contributed by atoms with Gasteiger partial charge in [0.05, 0.1) is 0 Å². The van der Waals surface area contributed by atoms with E-state index >= 15 is 0 Å². The predicted octanol–water partition coefficient (Wildman–Crippen LogP) is 5.52. The van der Waals surface area contributed by atoms with Crippen molar-refractivity contribution in [1.82, 2.24) is 0 Å². The number of hydrogen-bond donors (Lipinski definition) is 1. The highest BCUT2D eigenvalue weighted by Crippen LogP contribution is 2.56. The molecule has 2 aromatic carbocycles. The van der Waals surface area contributed by atoms with Gasteiger partial charge >= 0.3 is 0 Å². The zero-order valence-electron chi connectivity index (χ0n) is 15.2. The molecule has 0 radical (unpaired) electrons. The number of phenols is 1. The molecular formula is C21H26O2Si. The first-order chi connectivity index (χ1) is 11.2. The fourth-order valence-electron chi connectivity index (χ4n) is 3.81. The molecule has 2 nitrogen and oxygen atoms in total. The predicted molar refractivity (Wildman–Crippen MR) is 104 cm³/mol. The third-order valence-corrected chi connectivity index (χ3v) is 5.35. The summed E-state index contributed by atoms with van der Waals surface area (Å²) in [6, 6.07) is 12.1. The summed E-state index contributed by atoms with van der Waals surface area (Å²) in [6.07, 6.45) is 0. The molecule has 0 aromatic heterocycles. The Kier molecular flexibility index (Phi) is 4.08. The van der Waals surface area contributed by atoms with Crippen LogP contribution in [0.25, 0.3) is 16.9 Å². The van der Waals surface area contributed by atoms with Crippen molar-refractivity contribution in [3.05, 3.63) is 59.7 Å². The third-order valence-electron chi connectivity index (χ3n) is 4.60. The summed E-state index contributed by atoms with van der Waals surface area (Å²) < 4.78 is 6.02. The van der Waals surface area contributed by atoms with Crippen molar-refractivity contribution in [2.24, 2.45) is 5.41 Å². The van der Waals surface area contributed by atoms with E-state index in [1.165, 1.54) is 5.56 Å². The van der Waals surface area contributed by atoms with Gasteiger partial charge in [0.2, 0.25) is 9.04 Å². The Bertz CT molecular complexity index is 800. The van der Waals surface area contributed by atoms with Gasteiger partial charge in [0.25, 0.3) is 0 Å². The molecule has 0 aliphatic heterocycles. The summed E-state index contributed by atoms with van der Waals surface area (Å²) in [6.45, 7) is 15.2. The van der Waals surface area contributed by atoms with Crippen LogP contribution in [0.3, 0.4) is 0 Å². The lowest BCUT2D eigenvalue weighted by atomic mass is 9.74. The van der Waals surface area contributed by atoms with Crippen molar-refractivity contribution in [2.45, 2.75) is 39.8 Å². The smallest absolute Gasteiger partial charge is 0.229 e. The average molecular weight is 339 g/mol. The SMILES string of the molecule is C=C(O[SiH](C)C)c1ccc(O)c2c1C(C(C)(C)C)c1ccccc1-2. The molecule has 1 N–H and O–H groups in total. The zero-order chi connectivity index (χ0) is 17.6. The van der Waals surface area contributed by atoms with Crippen molar-refractivity contribution >= 4 is 14.8 Å². The zero-order valence-corrected chi connectivity index (χ0v) is 16.3. The van der Waals surface area contributed by atoms with Crippen molar-refractivity contribution in [1.29, 1.82) is 0 Å². The summed E-state index contributed by atoms with van der Waals surface area (Å²) in [7, 11) is -1.24. The lowest BCUT2D eigenvalue weighted by Crippen LogP contribution is -2.19. The Morgan fingerprint density at radius 2 is 1.79 bits per heavy atom. The van der Waals surface area contributed by atoms with Gasteiger partial charge in [-0.1, -0.05) is 51.6 Å². The van der Waals surface area contributed by atoms with E-state index in [-0.39, 0.29) is 11.3 Å². The second kappa shape index (κ2) is 5.82. The first-order valence-electron chi connectivity index (χ1n) is 8.53. The molecule has 0 spiro atoms. The lowest BCUT2D eigenvalue weighted by molar-refractivity contribution is 0.362. The van der Waals surface area contributed by atoms with Crippen LogP contribution in [0.5, 0.6) is 5.75 Å². The van der Waals surface area contributed by atoms with Crippen molar-refractivity contribution in [2.75, 3.05) is 0 Å². The van der Waals surface area contributed by atoms with Gasteiger partial charge in [-0.15, -0.1) is 0 Å². The van der Waals surface area contributed by atoms with Crippen LogP contribution in [0.1, 0.15) is 43.4 Å². The molecule has 126 valence electrons. The summed E-state index contributed by atoms with van der Waals surface area (Å²) in [5, 5.41) is 10.6. The minimum absolute atomic E-state index is 0.0272. The largest absolute Gasteiger partial charge is 0.547 e. The molecule has 0 saturated heterocycles. The second-order valence-electron chi connectivity index (χ2n) is 7.90. The highest BCUT2D eigenvalue weighted by atomic mass is 28.3. The van der Waals surface area contributed by atoms with Gasteiger partial charge in [0, 0.05) is 17.0 Å². The molecule has 1 atom stereocenters. The van der Waals surface area contributed by atoms with Gasteiger partial charge in [0.15, 0.2) is 0 Å². The molecule has 0 heterocycles. The Morgan fingerprint density at radius 3 is 2.42 bits per heavy atom. The van der Waals surface area contributed by atoms with Crippen LogP contribution in [0, 0.1) is 5.41 Å². The number of fused-ring (bicyclic) bond motifs is 3. The van der Waals surface area contributed by atoms with E-state index < -0.39 is 9.04 Å². The molecular weight excluding hydrogens is 312 g/mol. The molecule has 2 aromatic rings. The molecule has 0 saturated carbocycles. The van der Waals surface area contributed by atoms with Crippen LogP contribution in [0.4, 0.5) is 0 Å². The van der Waals surface area contributed by atoms with Crippen LogP contribution >= 0.6 is 0 Å². The summed E-state index contributed by atoms with van der Waals surface area (Å²) in [4.78, 5) is 0. The van der Waals surface area contributed by atoms with Gasteiger partial charge in [-0.05, 0) is 47.3 Å². The molecule has 0 amide bonds. The molecule has 24 heavy (non-hydrogen) atoms. The standard InChI is InChI=1S/C21H26O2Si/c1-13(23-24(5)6)14-11-12-17(22)18-15-9-7-8-10-16(15)20(19(14)18)21(2,3)4/h7-12,20,22,24H,1H2,2-6H3. The molecule has 3 rings (SSSR count). The Hall–Kier alpha value is -2.00. The Labute approximate surface area is 146 Å². The fourth-order valence-corrected chi connectivity index (χ4v) is 4.51. The van der Waals surface area contributed by atoms with E-state index in [0.717, 1.165) is 28.0 Å². The fraction of sp³-hybridized carbons (Fsp3) is 0.333. The van der Waals surface area contributed by atoms with E-state index in [9.17, 15) is 5.11 Å². The monoisotopic (exact) mass is 338 g/mol. The first kappa shape index (κ1) is 16.8. The number of aromatic hydroxyl groups is 1. The number of phenolic OH excluding ortho intramolecular Hbond substituents is 1. The molecule has 1 unspecified atom stereocenters. The summed E-state index contributed by atoms with van der Waals surface area (Å²) >= 11 is 0. The van der Waals surface area contributed by atoms with Crippen molar-refractivity contribution in [3.8, 4) is 16.9 Å². The van der Waals surface area contributed by atoms with E-state index in [1.54, 1.807) is 6.07 Å². The molecule has 0 bridgehead atoms. The maximum atomic E-state index is 10.6. The highest BCUT2D eigenvalue weighted by Gasteiger charge is 2.40. The second-order valence-corrected chi connectivity index (χ2v) is 10.2. The number of rotatable bonds is 3.